The molecule has 6 nitrogen and oxygen atoms in total. The Morgan fingerprint density at radius 1 is 1.35 bits per heavy atom. The Labute approximate surface area is 163 Å². The van der Waals surface area contributed by atoms with Gasteiger partial charge in [0.2, 0.25) is 11.7 Å². The van der Waals surface area contributed by atoms with Gasteiger partial charge in [-0.1, -0.05) is 36.0 Å². The summed E-state index contributed by atoms with van der Waals surface area (Å²) < 4.78 is 8.04. The van der Waals surface area contributed by atoms with Gasteiger partial charge >= 0.3 is 0 Å². The van der Waals surface area contributed by atoms with E-state index in [1.54, 1.807) is 12.1 Å². The second-order valence-electron chi connectivity index (χ2n) is 5.46. The summed E-state index contributed by atoms with van der Waals surface area (Å²) in [4.78, 5) is 12.3. The molecule has 8 heteroatoms. The highest BCUT2D eigenvalue weighted by molar-refractivity contribution is 9.10. The third-order valence-corrected chi connectivity index (χ3v) is 4.97. The normalized spacial score (nSPS) is 10.7. The lowest BCUT2D eigenvalue weighted by molar-refractivity contribution is -0.113. The Bertz CT molecular complexity index is 935. The van der Waals surface area contributed by atoms with Gasteiger partial charge in [-0.15, -0.1) is 16.8 Å². The van der Waals surface area contributed by atoms with Gasteiger partial charge in [-0.05, 0) is 46.6 Å². The highest BCUT2D eigenvalue weighted by Gasteiger charge is 2.17. The first-order chi connectivity index (χ1) is 12.6. The van der Waals surface area contributed by atoms with Gasteiger partial charge in [0.05, 0.1) is 5.75 Å². The molecule has 0 saturated heterocycles. The number of allylic oxidation sites excluding steroid dienone is 1. The Hall–Kier alpha value is -2.32. The third-order valence-electron chi connectivity index (χ3n) is 3.57. The van der Waals surface area contributed by atoms with E-state index in [0.29, 0.717) is 28.0 Å². The summed E-state index contributed by atoms with van der Waals surface area (Å²) in [6, 6.07) is 11.3. The minimum absolute atomic E-state index is 0.0975. The van der Waals surface area contributed by atoms with Crippen LogP contribution in [-0.2, 0) is 11.3 Å². The summed E-state index contributed by atoms with van der Waals surface area (Å²) in [5.74, 6) is 1.32. The summed E-state index contributed by atoms with van der Waals surface area (Å²) in [7, 11) is 0. The van der Waals surface area contributed by atoms with Crippen LogP contribution in [0.15, 0.2) is 63.3 Å². The van der Waals surface area contributed by atoms with E-state index in [1.165, 1.54) is 11.8 Å². The Morgan fingerprint density at radius 3 is 2.85 bits per heavy atom. The molecule has 0 bridgehead atoms. The smallest absolute Gasteiger partial charge is 0.234 e. The molecule has 0 atom stereocenters. The van der Waals surface area contributed by atoms with Crippen molar-refractivity contribution in [1.29, 1.82) is 0 Å². The Balaban J connectivity index is 1.71. The Kier molecular flexibility index (Phi) is 5.95. The summed E-state index contributed by atoms with van der Waals surface area (Å²) in [5.41, 5.74) is 1.83. The molecule has 3 aromatic rings. The van der Waals surface area contributed by atoms with E-state index in [9.17, 15) is 4.79 Å². The largest absolute Gasteiger partial charge is 0.446 e. The SMILES string of the molecule is C=CCn1c(SCC(=O)Nc2ccccc2C)nnc1-c1ccc(Br)o1. The fourth-order valence-corrected chi connectivity index (χ4v) is 3.39. The predicted molar refractivity (Wildman–Crippen MR) is 106 cm³/mol. The van der Waals surface area contributed by atoms with Crippen LogP contribution in [0, 0.1) is 6.92 Å². The van der Waals surface area contributed by atoms with Crippen LogP contribution >= 0.6 is 27.7 Å². The zero-order valence-corrected chi connectivity index (χ0v) is 16.5. The second-order valence-corrected chi connectivity index (χ2v) is 7.19. The summed E-state index contributed by atoms with van der Waals surface area (Å²) in [5, 5.41) is 11.9. The molecule has 0 aliphatic carbocycles. The molecular formula is C18H17BrN4O2S. The molecule has 0 aliphatic heterocycles. The lowest BCUT2D eigenvalue weighted by Crippen LogP contribution is -2.15. The van der Waals surface area contributed by atoms with Gasteiger partial charge in [0.1, 0.15) is 0 Å². The summed E-state index contributed by atoms with van der Waals surface area (Å²) >= 11 is 4.60. The van der Waals surface area contributed by atoms with E-state index in [4.69, 9.17) is 4.42 Å². The zero-order chi connectivity index (χ0) is 18.5. The van der Waals surface area contributed by atoms with E-state index in [0.717, 1.165) is 11.3 Å². The molecule has 134 valence electrons. The Morgan fingerprint density at radius 2 is 2.15 bits per heavy atom. The molecule has 0 radical (unpaired) electrons. The molecule has 0 aliphatic rings. The molecule has 2 aromatic heterocycles. The van der Waals surface area contributed by atoms with Crippen molar-refractivity contribution in [2.45, 2.75) is 18.6 Å². The van der Waals surface area contributed by atoms with Gasteiger partial charge in [0.25, 0.3) is 0 Å². The standard InChI is InChI=1S/C18H17BrN4O2S/c1-3-10-23-17(14-8-9-15(19)25-14)21-22-18(23)26-11-16(24)20-13-7-5-4-6-12(13)2/h3-9H,1,10-11H2,2H3,(H,20,24). The van der Waals surface area contributed by atoms with Crippen LogP contribution < -0.4 is 5.32 Å². The van der Waals surface area contributed by atoms with Crippen molar-refractivity contribution in [3.8, 4) is 11.6 Å². The minimum atomic E-state index is -0.0975. The quantitative estimate of drug-likeness (QED) is 0.438. The van der Waals surface area contributed by atoms with Crippen LogP contribution in [0.2, 0.25) is 0 Å². The van der Waals surface area contributed by atoms with Gasteiger partial charge in [0, 0.05) is 12.2 Å². The number of para-hydroxylation sites is 1. The number of thioether (sulfide) groups is 1. The van der Waals surface area contributed by atoms with Crippen LogP contribution in [0.4, 0.5) is 5.69 Å². The monoisotopic (exact) mass is 432 g/mol. The number of amides is 1. The molecular weight excluding hydrogens is 416 g/mol. The number of rotatable bonds is 7. The molecule has 2 heterocycles. The average Bonchev–Trinajstić information content (AvgIpc) is 3.22. The molecule has 0 unspecified atom stereocenters. The highest BCUT2D eigenvalue weighted by Crippen LogP contribution is 2.27. The van der Waals surface area contributed by atoms with E-state index in [1.807, 2.05) is 41.8 Å². The van der Waals surface area contributed by atoms with E-state index in [-0.39, 0.29) is 11.7 Å². The summed E-state index contributed by atoms with van der Waals surface area (Å²) in [6.07, 6.45) is 1.75. The number of aromatic nitrogens is 3. The van der Waals surface area contributed by atoms with Crippen molar-refractivity contribution in [1.82, 2.24) is 14.8 Å². The molecule has 3 rings (SSSR count). The van der Waals surface area contributed by atoms with Crippen molar-refractivity contribution < 1.29 is 9.21 Å². The lowest BCUT2D eigenvalue weighted by atomic mass is 10.2. The molecule has 1 aromatic carbocycles. The van der Waals surface area contributed by atoms with Gasteiger partial charge < -0.3 is 9.73 Å². The van der Waals surface area contributed by atoms with Crippen molar-refractivity contribution >= 4 is 39.3 Å². The van der Waals surface area contributed by atoms with Crippen molar-refractivity contribution in [2.75, 3.05) is 11.1 Å². The van der Waals surface area contributed by atoms with Crippen LogP contribution in [0.5, 0.6) is 0 Å². The first-order valence-electron chi connectivity index (χ1n) is 7.86. The molecule has 26 heavy (non-hydrogen) atoms. The number of furan rings is 1. The summed E-state index contributed by atoms with van der Waals surface area (Å²) in [6.45, 7) is 6.24. The number of carbonyl (C=O) groups excluding carboxylic acids is 1. The average molecular weight is 433 g/mol. The van der Waals surface area contributed by atoms with Crippen LogP contribution in [0.3, 0.4) is 0 Å². The fraction of sp³-hybridized carbons (Fsp3) is 0.167. The van der Waals surface area contributed by atoms with Gasteiger partial charge in [-0.3, -0.25) is 9.36 Å². The zero-order valence-electron chi connectivity index (χ0n) is 14.1. The van der Waals surface area contributed by atoms with Crippen molar-refractivity contribution in [3.63, 3.8) is 0 Å². The number of halogens is 1. The van der Waals surface area contributed by atoms with E-state index < -0.39 is 0 Å². The topological polar surface area (TPSA) is 73.0 Å². The predicted octanol–water partition coefficient (Wildman–Crippen LogP) is 4.53. The van der Waals surface area contributed by atoms with Gasteiger partial charge in [0.15, 0.2) is 15.6 Å². The van der Waals surface area contributed by atoms with Crippen LogP contribution in [0.25, 0.3) is 11.6 Å². The highest BCUT2D eigenvalue weighted by atomic mass is 79.9. The number of hydrogen-bond acceptors (Lipinski definition) is 5. The molecule has 0 saturated carbocycles. The number of benzene rings is 1. The number of aryl methyl sites for hydroxylation is 1. The molecule has 0 spiro atoms. The van der Waals surface area contributed by atoms with Crippen molar-refractivity contribution in [3.05, 3.63) is 59.3 Å². The number of hydrogen-bond donors (Lipinski definition) is 1. The van der Waals surface area contributed by atoms with Crippen molar-refractivity contribution in [2.24, 2.45) is 0 Å². The lowest BCUT2D eigenvalue weighted by Gasteiger charge is -2.08. The fourth-order valence-electron chi connectivity index (χ4n) is 2.34. The maximum absolute atomic E-state index is 12.3. The van der Waals surface area contributed by atoms with Gasteiger partial charge in [-0.25, -0.2) is 0 Å². The first kappa shape index (κ1) is 18.5. The molecule has 0 fully saturated rings. The number of nitrogens with one attached hydrogen (secondary N) is 1. The molecule has 1 N–H and O–H groups in total. The van der Waals surface area contributed by atoms with E-state index in [2.05, 4.69) is 38.0 Å². The third kappa shape index (κ3) is 4.25. The maximum atomic E-state index is 12.3. The first-order valence-corrected chi connectivity index (χ1v) is 9.64. The molecule has 1 amide bonds. The van der Waals surface area contributed by atoms with Gasteiger partial charge in [-0.2, -0.15) is 0 Å². The second kappa shape index (κ2) is 8.37. The van der Waals surface area contributed by atoms with E-state index >= 15 is 0 Å². The van der Waals surface area contributed by atoms with Crippen LogP contribution in [0.1, 0.15) is 5.56 Å². The maximum Gasteiger partial charge on any atom is 0.234 e. The number of carbonyl (C=O) groups is 1. The number of anilines is 1. The minimum Gasteiger partial charge on any atom is -0.446 e. The number of nitrogens with zero attached hydrogens (tertiary/aromatic N) is 3. The van der Waals surface area contributed by atoms with Crippen LogP contribution in [-0.4, -0.2) is 26.4 Å².